The molecule has 1 aromatic heterocycles. The molecule has 0 radical (unpaired) electrons. The second kappa shape index (κ2) is 8.62. The average molecular weight is 466 g/mol. The molecule has 1 fully saturated rings. The zero-order valence-electron chi connectivity index (χ0n) is 18.1. The molecule has 10 heteroatoms. The fourth-order valence-corrected chi connectivity index (χ4v) is 4.29. The number of benzene rings is 2. The highest BCUT2D eigenvalue weighted by Crippen LogP contribution is 2.35. The number of hydrogen-bond acceptors (Lipinski definition) is 8. The van der Waals surface area contributed by atoms with Crippen molar-refractivity contribution < 1.29 is 33.3 Å². The van der Waals surface area contributed by atoms with Crippen molar-refractivity contribution in [1.82, 2.24) is 4.90 Å². The minimum atomic E-state index is -0.641. The van der Waals surface area contributed by atoms with Gasteiger partial charge in [0.2, 0.25) is 11.3 Å². The summed E-state index contributed by atoms with van der Waals surface area (Å²) in [6, 6.07) is 7.14. The van der Waals surface area contributed by atoms with Crippen LogP contribution in [0, 0.1) is 0 Å². The van der Waals surface area contributed by atoms with Crippen LogP contribution in [-0.4, -0.2) is 54.2 Å². The standard InChI is InChI=1S/C24H22N2O8/c25-24(30)16-2-1-5-26(16)21(28)12-33-14-9-17(27)22-20(10-14)34-11-15(23(22)29)13-3-4-18-19(8-13)32-7-6-31-18/h3-4,8-11,16,27H,1-2,5-7,12H2,(H2,25,30)/t16-/m0/s1. The first-order valence-electron chi connectivity index (χ1n) is 10.8. The van der Waals surface area contributed by atoms with Crippen molar-refractivity contribution in [3.8, 4) is 34.1 Å². The Morgan fingerprint density at radius 1 is 1.15 bits per heavy atom. The number of primary amides is 1. The Hall–Kier alpha value is -4.21. The molecule has 5 rings (SSSR count). The van der Waals surface area contributed by atoms with E-state index in [1.165, 1.54) is 23.3 Å². The lowest BCUT2D eigenvalue weighted by atomic mass is 10.0. The van der Waals surface area contributed by atoms with E-state index in [4.69, 9.17) is 24.4 Å². The Balaban J connectivity index is 1.39. The zero-order chi connectivity index (χ0) is 23.8. The SMILES string of the molecule is NC(=O)[C@@H]1CCCN1C(=O)COc1cc(O)c2c(=O)c(-c3ccc4c(c3)OCCO4)coc2c1. The molecule has 0 spiro atoms. The molecule has 2 aliphatic rings. The van der Waals surface area contributed by atoms with Crippen LogP contribution in [0.15, 0.2) is 45.8 Å². The molecular formula is C24H22N2O8. The number of fused-ring (bicyclic) bond motifs is 2. The second-order valence-electron chi connectivity index (χ2n) is 8.09. The normalized spacial score (nSPS) is 17.1. The lowest BCUT2D eigenvalue weighted by Crippen LogP contribution is -2.45. The van der Waals surface area contributed by atoms with Gasteiger partial charge in [-0.25, -0.2) is 0 Å². The number of nitrogens with zero attached hydrogens (tertiary/aromatic N) is 1. The Labute approximate surface area is 193 Å². The molecule has 0 bridgehead atoms. The van der Waals surface area contributed by atoms with Crippen molar-refractivity contribution in [3.63, 3.8) is 0 Å². The van der Waals surface area contributed by atoms with Crippen LogP contribution >= 0.6 is 0 Å². The van der Waals surface area contributed by atoms with Crippen LogP contribution in [0.4, 0.5) is 0 Å². The van der Waals surface area contributed by atoms with Gasteiger partial charge in [0.15, 0.2) is 18.1 Å². The van der Waals surface area contributed by atoms with Gasteiger partial charge in [-0.3, -0.25) is 14.4 Å². The molecule has 10 nitrogen and oxygen atoms in total. The smallest absolute Gasteiger partial charge is 0.261 e. The van der Waals surface area contributed by atoms with Gasteiger partial charge in [-0.2, -0.15) is 0 Å². The minimum absolute atomic E-state index is 0.0144. The molecule has 0 unspecified atom stereocenters. The molecule has 3 heterocycles. The van der Waals surface area contributed by atoms with Gasteiger partial charge in [0.25, 0.3) is 5.91 Å². The summed E-state index contributed by atoms with van der Waals surface area (Å²) in [5, 5.41) is 10.5. The molecule has 2 amide bonds. The lowest BCUT2D eigenvalue weighted by Gasteiger charge is -2.22. The van der Waals surface area contributed by atoms with Crippen LogP contribution in [-0.2, 0) is 9.59 Å². The largest absolute Gasteiger partial charge is 0.507 e. The van der Waals surface area contributed by atoms with Crippen molar-refractivity contribution in [2.45, 2.75) is 18.9 Å². The maximum absolute atomic E-state index is 13.1. The monoisotopic (exact) mass is 466 g/mol. The van der Waals surface area contributed by atoms with E-state index < -0.39 is 23.3 Å². The number of carbonyl (C=O) groups is 2. The van der Waals surface area contributed by atoms with Crippen molar-refractivity contribution in [3.05, 3.63) is 46.8 Å². The third-order valence-electron chi connectivity index (χ3n) is 5.95. The average Bonchev–Trinajstić information content (AvgIpc) is 3.33. The van der Waals surface area contributed by atoms with Gasteiger partial charge in [0.1, 0.15) is 48.0 Å². The molecule has 176 valence electrons. The van der Waals surface area contributed by atoms with Gasteiger partial charge < -0.3 is 34.4 Å². The van der Waals surface area contributed by atoms with Gasteiger partial charge in [0, 0.05) is 18.7 Å². The summed E-state index contributed by atoms with van der Waals surface area (Å²) in [6.45, 7) is 0.943. The third kappa shape index (κ3) is 3.87. The first kappa shape index (κ1) is 21.6. The van der Waals surface area contributed by atoms with Crippen molar-refractivity contribution in [2.24, 2.45) is 5.73 Å². The van der Waals surface area contributed by atoms with Gasteiger partial charge in [-0.05, 0) is 30.5 Å². The third-order valence-corrected chi connectivity index (χ3v) is 5.95. The molecule has 3 N–H and O–H groups in total. The summed E-state index contributed by atoms with van der Waals surface area (Å²) in [5.41, 5.74) is 5.83. The van der Waals surface area contributed by atoms with Gasteiger partial charge >= 0.3 is 0 Å². The van der Waals surface area contributed by atoms with Crippen LogP contribution < -0.4 is 25.4 Å². The summed E-state index contributed by atoms with van der Waals surface area (Å²) in [5.74, 6) is -0.0262. The Kier molecular flexibility index (Phi) is 5.48. The van der Waals surface area contributed by atoms with E-state index in [0.29, 0.717) is 49.7 Å². The number of rotatable bonds is 5. The maximum Gasteiger partial charge on any atom is 0.261 e. The Bertz CT molecular complexity index is 1350. The highest BCUT2D eigenvalue weighted by molar-refractivity contribution is 5.89. The van der Waals surface area contributed by atoms with Crippen molar-refractivity contribution in [2.75, 3.05) is 26.4 Å². The predicted octanol–water partition coefficient (Wildman–Crippen LogP) is 1.79. The number of hydrogen-bond donors (Lipinski definition) is 2. The number of phenolic OH excluding ortho intramolecular Hbond substituents is 1. The fraction of sp³-hybridized carbons (Fsp3) is 0.292. The molecule has 2 aliphatic heterocycles. The number of nitrogens with two attached hydrogens (primary N) is 1. The highest BCUT2D eigenvalue weighted by Gasteiger charge is 2.32. The lowest BCUT2D eigenvalue weighted by molar-refractivity contribution is -0.138. The first-order valence-corrected chi connectivity index (χ1v) is 10.8. The van der Waals surface area contributed by atoms with Crippen LogP contribution in [0.1, 0.15) is 12.8 Å². The van der Waals surface area contributed by atoms with E-state index >= 15 is 0 Å². The molecule has 3 aromatic rings. The second-order valence-corrected chi connectivity index (χ2v) is 8.09. The number of carbonyl (C=O) groups excluding carboxylic acids is 2. The number of phenols is 1. The molecule has 0 aliphatic carbocycles. The van der Waals surface area contributed by atoms with Gasteiger partial charge in [-0.15, -0.1) is 0 Å². The van der Waals surface area contributed by atoms with Crippen LogP contribution in [0.2, 0.25) is 0 Å². The topological polar surface area (TPSA) is 142 Å². The van der Waals surface area contributed by atoms with Gasteiger partial charge in [-0.1, -0.05) is 6.07 Å². The summed E-state index contributed by atoms with van der Waals surface area (Å²) in [4.78, 5) is 38.5. The number of likely N-dealkylation sites (tertiary alicyclic amines) is 1. The number of aromatic hydroxyl groups is 1. The summed E-state index contributed by atoms with van der Waals surface area (Å²) < 4.78 is 22.2. The van der Waals surface area contributed by atoms with Gasteiger partial charge in [0.05, 0.1) is 5.56 Å². The molecule has 2 aromatic carbocycles. The van der Waals surface area contributed by atoms with E-state index in [1.807, 2.05) is 0 Å². The van der Waals surface area contributed by atoms with Crippen LogP contribution in [0.5, 0.6) is 23.0 Å². The molecule has 1 atom stereocenters. The zero-order valence-corrected chi connectivity index (χ0v) is 18.1. The molecule has 0 saturated carbocycles. The Morgan fingerprint density at radius 3 is 2.74 bits per heavy atom. The molecular weight excluding hydrogens is 444 g/mol. The quantitative estimate of drug-likeness (QED) is 0.580. The number of ether oxygens (including phenoxy) is 3. The maximum atomic E-state index is 13.1. The fourth-order valence-electron chi connectivity index (χ4n) is 4.29. The van der Waals surface area contributed by atoms with Crippen LogP contribution in [0.25, 0.3) is 22.1 Å². The summed E-state index contributed by atoms with van der Waals surface area (Å²) in [7, 11) is 0. The van der Waals surface area contributed by atoms with Crippen LogP contribution in [0.3, 0.4) is 0 Å². The van der Waals surface area contributed by atoms with Crippen molar-refractivity contribution in [1.29, 1.82) is 0 Å². The first-order chi connectivity index (χ1) is 16.4. The molecule has 34 heavy (non-hydrogen) atoms. The number of amides is 2. The van der Waals surface area contributed by atoms with E-state index in [-0.39, 0.29) is 34.6 Å². The highest BCUT2D eigenvalue weighted by atomic mass is 16.6. The molecule has 1 saturated heterocycles. The summed E-state index contributed by atoms with van der Waals surface area (Å²) in [6.07, 6.45) is 2.51. The Morgan fingerprint density at radius 2 is 1.94 bits per heavy atom. The van der Waals surface area contributed by atoms with E-state index in [0.717, 1.165) is 0 Å². The minimum Gasteiger partial charge on any atom is -0.507 e. The summed E-state index contributed by atoms with van der Waals surface area (Å²) >= 11 is 0. The van der Waals surface area contributed by atoms with E-state index in [2.05, 4.69) is 0 Å². The predicted molar refractivity (Wildman–Crippen MR) is 120 cm³/mol. The van der Waals surface area contributed by atoms with E-state index in [9.17, 15) is 19.5 Å². The van der Waals surface area contributed by atoms with E-state index in [1.54, 1.807) is 18.2 Å². The van der Waals surface area contributed by atoms with Crippen molar-refractivity contribution >= 4 is 22.8 Å².